The lowest BCUT2D eigenvalue weighted by Crippen LogP contribution is -2.30. The molecule has 0 saturated carbocycles. The number of aryl methyl sites for hydroxylation is 2. The normalized spacial score (nSPS) is 13.2. The van der Waals surface area contributed by atoms with Crippen molar-refractivity contribution in [1.82, 2.24) is 14.8 Å². The highest BCUT2D eigenvalue weighted by atomic mass is 35.5. The molecule has 0 amide bonds. The predicted octanol–water partition coefficient (Wildman–Crippen LogP) is 7.50. The molecule has 0 aliphatic heterocycles. The van der Waals surface area contributed by atoms with E-state index in [1.165, 1.54) is 0 Å². The highest BCUT2D eigenvalue weighted by Crippen LogP contribution is 2.44. The van der Waals surface area contributed by atoms with Crippen LogP contribution < -0.4 is 0 Å². The summed E-state index contributed by atoms with van der Waals surface area (Å²) in [4.78, 5) is 4.59. The molecule has 2 heterocycles. The Morgan fingerprint density at radius 3 is 2.20 bits per heavy atom. The van der Waals surface area contributed by atoms with Gasteiger partial charge in [-0.05, 0) is 43.2 Å². The molecular weight excluding hydrogens is 501 g/mol. The topological polar surface area (TPSA) is 50.9 Å². The average molecular weight is 523 g/mol. The first-order valence-corrected chi connectivity index (χ1v) is 12.2. The van der Waals surface area contributed by atoms with Gasteiger partial charge in [-0.25, -0.2) is 4.98 Å². The molecule has 3 aromatic carbocycles. The number of pyridine rings is 1. The fourth-order valence-electron chi connectivity index (χ4n) is 4.75. The van der Waals surface area contributed by atoms with Crippen molar-refractivity contribution in [3.8, 4) is 11.1 Å². The summed E-state index contributed by atoms with van der Waals surface area (Å²) in [5.41, 5.74) is 4.12. The maximum absolute atomic E-state index is 12.5. The molecule has 176 valence electrons. The molecule has 0 bridgehead atoms. The van der Waals surface area contributed by atoms with E-state index in [1.807, 2.05) is 87.6 Å². The van der Waals surface area contributed by atoms with Crippen LogP contribution in [0.2, 0.25) is 15.2 Å². The van der Waals surface area contributed by atoms with Crippen LogP contribution in [-0.4, -0.2) is 19.9 Å². The van der Waals surface area contributed by atoms with E-state index >= 15 is 0 Å². The van der Waals surface area contributed by atoms with Crippen LogP contribution in [0.1, 0.15) is 28.1 Å². The van der Waals surface area contributed by atoms with E-state index in [9.17, 15) is 5.11 Å². The third-order valence-electron chi connectivity index (χ3n) is 6.50. The van der Waals surface area contributed by atoms with Crippen LogP contribution in [0.15, 0.2) is 72.8 Å². The van der Waals surface area contributed by atoms with Crippen molar-refractivity contribution in [1.29, 1.82) is 0 Å². The Hall–Kier alpha value is -2.89. The van der Waals surface area contributed by atoms with Gasteiger partial charge in [0.05, 0.1) is 16.2 Å². The summed E-state index contributed by atoms with van der Waals surface area (Å²) < 4.78 is 1.78. The zero-order valence-electron chi connectivity index (χ0n) is 19.4. The van der Waals surface area contributed by atoms with Gasteiger partial charge in [0.15, 0.2) is 0 Å². The summed E-state index contributed by atoms with van der Waals surface area (Å²) in [6, 6.07) is 22.5. The molecule has 5 aromatic rings. The summed E-state index contributed by atoms with van der Waals surface area (Å²) in [5.74, 6) is 0. The number of benzene rings is 3. The number of rotatable bonds is 4. The number of hydrogen-bond acceptors (Lipinski definition) is 3. The molecule has 0 spiro atoms. The van der Waals surface area contributed by atoms with Gasteiger partial charge < -0.3 is 5.11 Å². The summed E-state index contributed by atoms with van der Waals surface area (Å²) in [5, 5.41) is 18.9. The van der Waals surface area contributed by atoms with Gasteiger partial charge >= 0.3 is 0 Å². The van der Waals surface area contributed by atoms with E-state index in [2.05, 4.69) is 10.1 Å². The maximum Gasteiger partial charge on any atom is 0.144 e. The summed E-state index contributed by atoms with van der Waals surface area (Å²) >= 11 is 20.0. The third-order valence-corrected chi connectivity index (χ3v) is 7.50. The van der Waals surface area contributed by atoms with Crippen molar-refractivity contribution >= 4 is 45.7 Å². The smallest absolute Gasteiger partial charge is 0.144 e. The number of aliphatic hydroxyl groups is 1. The molecule has 2 aromatic heterocycles. The summed E-state index contributed by atoms with van der Waals surface area (Å²) in [6.07, 6.45) is 0. The molecule has 7 heteroatoms. The molecule has 0 radical (unpaired) electrons. The monoisotopic (exact) mass is 521 g/mol. The van der Waals surface area contributed by atoms with E-state index in [1.54, 1.807) is 10.7 Å². The van der Waals surface area contributed by atoms with Crippen LogP contribution in [-0.2, 0) is 12.6 Å². The first-order valence-electron chi connectivity index (χ1n) is 11.1. The minimum Gasteiger partial charge on any atom is -0.376 e. The molecule has 35 heavy (non-hydrogen) atoms. The molecule has 0 fully saturated rings. The van der Waals surface area contributed by atoms with E-state index in [-0.39, 0.29) is 5.15 Å². The summed E-state index contributed by atoms with van der Waals surface area (Å²) in [6.45, 7) is 3.86. The Bertz CT molecular complexity index is 1580. The van der Waals surface area contributed by atoms with Gasteiger partial charge in [-0.15, -0.1) is 0 Å². The predicted molar refractivity (Wildman–Crippen MR) is 143 cm³/mol. The zero-order valence-corrected chi connectivity index (χ0v) is 21.6. The van der Waals surface area contributed by atoms with Gasteiger partial charge in [0.25, 0.3) is 0 Å². The molecule has 5 rings (SSSR count). The molecule has 4 nitrogen and oxygen atoms in total. The van der Waals surface area contributed by atoms with Crippen molar-refractivity contribution in [3.63, 3.8) is 0 Å². The minimum atomic E-state index is -1.47. The van der Waals surface area contributed by atoms with Crippen LogP contribution in [0.4, 0.5) is 0 Å². The zero-order chi connectivity index (χ0) is 24.9. The van der Waals surface area contributed by atoms with Gasteiger partial charge in [0.2, 0.25) is 0 Å². The number of fused-ring (bicyclic) bond motifs is 1. The van der Waals surface area contributed by atoms with Crippen LogP contribution in [0.3, 0.4) is 0 Å². The third kappa shape index (κ3) is 3.82. The Balaban J connectivity index is 1.82. The minimum absolute atomic E-state index is 0.264. The number of hydrogen-bond donors (Lipinski definition) is 1. The van der Waals surface area contributed by atoms with Gasteiger partial charge in [0, 0.05) is 39.8 Å². The SMILES string of the molecule is Cc1nn(C)c(C)c1C(O)(c1ccccc1)c1ccc2nc(Cl)c(-c3ccccc3Cl)c(Cl)c2c1. The largest absolute Gasteiger partial charge is 0.376 e. The van der Waals surface area contributed by atoms with Crippen molar-refractivity contribution in [2.75, 3.05) is 0 Å². The van der Waals surface area contributed by atoms with Crippen molar-refractivity contribution in [2.24, 2.45) is 7.05 Å². The average Bonchev–Trinajstić information content (AvgIpc) is 3.11. The number of halogens is 3. The van der Waals surface area contributed by atoms with Gasteiger partial charge in [-0.1, -0.05) is 89.4 Å². The van der Waals surface area contributed by atoms with Gasteiger partial charge in [-0.3, -0.25) is 4.68 Å². The van der Waals surface area contributed by atoms with Crippen LogP contribution in [0, 0.1) is 13.8 Å². The molecule has 1 atom stereocenters. The number of nitrogens with zero attached hydrogens (tertiary/aromatic N) is 3. The fourth-order valence-corrected chi connectivity index (χ4v) is 5.66. The molecule has 0 aliphatic rings. The van der Waals surface area contributed by atoms with Crippen molar-refractivity contribution in [3.05, 3.63) is 116 Å². The Morgan fingerprint density at radius 2 is 1.54 bits per heavy atom. The highest BCUT2D eigenvalue weighted by Gasteiger charge is 2.39. The Kier molecular flexibility index (Phi) is 6.10. The van der Waals surface area contributed by atoms with Crippen molar-refractivity contribution in [2.45, 2.75) is 19.4 Å². The van der Waals surface area contributed by atoms with Crippen LogP contribution in [0.5, 0.6) is 0 Å². The quantitative estimate of drug-likeness (QED) is 0.249. The second-order valence-electron chi connectivity index (χ2n) is 8.55. The first-order chi connectivity index (χ1) is 16.7. The molecule has 0 aliphatic carbocycles. The lowest BCUT2D eigenvalue weighted by Gasteiger charge is -2.31. The second kappa shape index (κ2) is 8.96. The van der Waals surface area contributed by atoms with Crippen molar-refractivity contribution < 1.29 is 5.11 Å². The second-order valence-corrected chi connectivity index (χ2v) is 9.69. The standard InChI is InChI=1S/C28H22Cl3N3O/c1-16-25(17(2)34(3)33-16)28(35,18-9-5-4-6-10-18)19-13-14-23-21(15-19)26(30)24(27(31)32-23)20-11-7-8-12-22(20)29/h4-15,35H,1-3H3. The molecule has 0 saturated heterocycles. The summed E-state index contributed by atoms with van der Waals surface area (Å²) in [7, 11) is 1.87. The molecule has 1 N–H and O–H groups in total. The van der Waals surface area contributed by atoms with Gasteiger partial charge in [0.1, 0.15) is 10.8 Å². The van der Waals surface area contributed by atoms with Crippen LogP contribution >= 0.6 is 34.8 Å². The van der Waals surface area contributed by atoms with E-state index in [4.69, 9.17) is 34.8 Å². The van der Waals surface area contributed by atoms with E-state index < -0.39 is 5.60 Å². The van der Waals surface area contributed by atoms with Crippen LogP contribution in [0.25, 0.3) is 22.0 Å². The van der Waals surface area contributed by atoms with Gasteiger partial charge in [-0.2, -0.15) is 5.10 Å². The lowest BCUT2D eigenvalue weighted by atomic mass is 9.79. The molecule has 1 unspecified atom stereocenters. The van der Waals surface area contributed by atoms with E-state index in [0.29, 0.717) is 37.6 Å². The maximum atomic E-state index is 12.5. The molecular formula is C28H22Cl3N3O. The highest BCUT2D eigenvalue weighted by molar-refractivity contribution is 6.43. The Labute approximate surface area is 218 Å². The number of aromatic nitrogens is 3. The first kappa shape index (κ1) is 23.8. The van der Waals surface area contributed by atoms with E-state index in [0.717, 1.165) is 22.5 Å². The Morgan fingerprint density at radius 1 is 0.857 bits per heavy atom. The fraction of sp³-hybridized carbons (Fsp3) is 0.143. The lowest BCUT2D eigenvalue weighted by molar-refractivity contribution is 0.124.